The zero-order chi connectivity index (χ0) is 17.1. The molecule has 1 aliphatic carbocycles. The van der Waals surface area contributed by atoms with E-state index in [2.05, 4.69) is 10.2 Å². The van der Waals surface area contributed by atoms with Crippen molar-refractivity contribution in [3.63, 3.8) is 0 Å². The van der Waals surface area contributed by atoms with E-state index in [9.17, 15) is 9.59 Å². The first-order chi connectivity index (χ1) is 11.6. The van der Waals surface area contributed by atoms with Crippen LogP contribution in [0.3, 0.4) is 0 Å². The Morgan fingerprint density at radius 2 is 1.79 bits per heavy atom. The number of amides is 2. The highest BCUT2D eigenvalue weighted by molar-refractivity contribution is 5.94. The predicted octanol–water partition coefficient (Wildman–Crippen LogP) is 0.570. The maximum atomic E-state index is 12.6. The lowest BCUT2D eigenvalue weighted by molar-refractivity contribution is -0.126. The van der Waals surface area contributed by atoms with Gasteiger partial charge in [0.05, 0.1) is 6.04 Å². The van der Waals surface area contributed by atoms with Crippen molar-refractivity contribution >= 4 is 11.8 Å². The van der Waals surface area contributed by atoms with Gasteiger partial charge in [0, 0.05) is 44.3 Å². The molecule has 6 nitrogen and oxygen atoms in total. The van der Waals surface area contributed by atoms with E-state index in [-0.39, 0.29) is 17.9 Å². The van der Waals surface area contributed by atoms with Crippen LogP contribution in [0.4, 0.5) is 0 Å². The predicted molar refractivity (Wildman–Crippen MR) is 92.4 cm³/mol. The summed E-state index contributed by atoms with van der Waals surface area (Å²) in [5.41, 5.74) is 7.30. The number of carbonyl (C=O) groups excluding carboxylic acids is 2. The van der Waals surface area contributed by atoms with Gasteiger partial charge in [-0.3, -0.25) is 14.5 Å². The summed E-state index contributed by atoms with van der Waals surface area (Å²) in [5, 5.41) is 3.05. The molecular weight excluding hydrogens is 304 g/mol. The molecule has 6 heteroatoms. The Morgan fingerprint density at radius 1 is 1.17 bits per heavy atom. The third-order valence-electron chi connectivity index (χ3n) is 4.89. The summed E-state index contributed by atoms with van der Waals surface area (Å²) in [6.07, 6.45) is 2.20. The van der Waals surface area contributed by atoms with Crippen molar-refractivity contribution in [2.75, 3.05) is 26.2 Å². The van der Waals surface area contributed by atoms with Crippen molar-refractivity contribution < 1.29 is 9.59 Å². The molecule has 2 amide bonds. The van der Waals surface area contributed by atoms with E-state index in [1.54, 1.807) is 0 Å². The molecule has 130 valence electrons. The van der Waals surface area contributed by atoms with Crippen LogP contribution in [-0.2, 0) is 11.3 Å². The lowest BCUT2D eigenvalue weighted by Crippen LogP contribution is -2.55. The molecule has 0 bridgehead atoms. The number of hydrogen-bond acceptors (Lipinski definition) is 4. The second-order valence-corrected chi connectivity index (χ2v) is 6.69. The number of carbonyl (C=O) groups is 2. The fourth-order valence-corrected chi connectivity index (χ4v) is 2.99. The first kappa shape index (κ1) is 16.9. The SMILES string of the molecule is CC(C(=O)NC1CC1)N1CCN(C(=O)c2ccc(CN)cc2)CC1. The fourth-order valence-electron chi connectivity index (χ4n) is 2.99. The highest BCUT2D eigenvalue weighted by atomic mass is 16.2. The van der Waals surface area contributed by atoms with Crippen molar-refractivity contribution in [1.82, 2.24) is 15.1 Å². The smallest absolute Gasteiger partial charge is 0.253 e. The molecule has 1 saturated carbocycles. The fraction of sp³-hybridized carbons (Fsp3) is 0.556. The van der Waals surface area contributed by atoms with Gasteiger partial charge in [-0.15, -0.1) is 0 Å². The maximum Gasteiger partial charge on any atom is 0.253 e. The van der Waals surface area contributed by atoms with Gasteiger partial charge in [-0.25, -0.2) is 0 Å². The van der Waals surface area contributed by atoms with Crippen LogP contribution in [0.1, 0.15) is 35.7 Å². The zero-order valence-electron chi connectivity index (χ0n) is 14.2. The van der Waals surface area contributed by atoms with E-state index < -0.39 is 0 Å². The Morgan fingerprint density at radius 3 is 2.33 bits per heavy atom. The Kier molecular flexibility index (Phi) is 5.16. The number of nitrogens with one attached hydrogen (secondary N) is 1. The number of piperazine rings is 1. The zero-order valence-corrected chi connectivity index (χ0v) is 14.2. The van der Waals surface area contributed by atoms with E-state index in [0.29, 0.717) is 31.2 Å². The summed E-state index contributed by atoms with van der Waals surface area (Å²) < 4.78 is 0. The van der Waals surface area contributed by atoms with E-state index in [0.717, 1.165) is 31.5 Å². The molecule has 0 spiro atoms. The van der Waals surface area contributed by atoms with Crippen LogP contribution < -0.4 is 11.1 Å². The first-order valence-corrected chi connectivity index (χ1v) is 8.71. The molecule has 2 aliphatic rings. The topological polar surface area (TPSA) is 78.7 Å². The van der Waals surface area contributed by atoms with Crippen LogP contribution in [-0.4, -0.2) is 59.9 Å². The Hall–Kier alpha value is -1.92. The van der Waals surface area contributed by atoms with Crippen LogP contribution in [0, 0.1) is 0 Å². The highest BCUT2D eigenvalue weighted by Crippen LogP contribution is 2.19. The molecule has 1 aliphatic heterocycles. The summed E-state index contributed by atoms with van der Waals surface area (Å²) in [6, 6.07) is 7.72. The minimum atomic E-state index is -0.133. The number of rotatable bonds is 5. The van der Waals surface area contributed by atoms with Gasteiger partial charge in [0.15, 0.2) is 0 Å². The van der Waals surface area contributed by atoms with E-state index in [1.807, 2.05) is 36.1 Å². The van der Waals surface area contributed by atoms with Gasteiger partial charge in [0.2, 0.25) is 5.91 Å². The molecule has 1 saturated heterocycles. The van der Waals surface area contributed by atoms with Gasteiger partial charge in [-0.2, -0.15) is 0 Å². The molecule has 1 aromatic rings. The molecule has 2 fully saturated rings. The van der Waals surface area contributed by atoms with Gasteiger partial charge >= 0.3 is 0 Å². The Balaban J connectivity index is 1.51. The van der Waals surface area contributed by atoms with Gasteiger partial charge in [-0.1, -0.05) is 12.1 Å². The molecular formula is C18H26N4O2. The third-order valence-corrected chi connectivity index (χ3v) is 4.89. The monoisotopic (exact) mass is 330 g/mol. The highest BCUT2D eigenvalue weighted by Gasteiger charge is 2.31. The Bertz CT molecular complexity index is 590. The van der Waals surface area contributed by atoms with Crippen LogP contribution >= 0.6 is 0 Å². The van der Waals surface area contributed by atoms with Crippen LogP contribution in [0.5, 0.6) is 0 Å². The van der Waals surface area contributed by atoms with Crippen molar-refractivity contribution in [2.24, 2.45) is 5.73 Å². The molecule has 0 aromatic heterocycles. The standard InChI is InChI=1S/C18H26N4O2/c1-13(17(23)20-16-6-7-16)21-8-10-22(11-9-21)18(24)15-4-2-14(12-19)3-5-15/h2-5,13,16H,6-12,19H2,1H3,(H,20,23). The van der Waals surface area contributed by atoms with Crippen molar-refractivity contribution in [2.45, 2.75) is 38.4 Å². The maximum absolute atomic E-state index is 12.6. The van der Waals surface area contributed by atoms with Crippen LogP contribution in [0.2, 0.25) is 0 Å². The van der Waals surface area contributed by atoms with Crippen molar-refractivity contribution in [3.05, 3.63) is 35.4 Å². The normalized spacial score (nSPS) is 19.8. The van der Waals surface area contributed by atoms with E-state index in [4.69, 9.17) is 5.73 Å². The summed E-state index contributed by atoms with van der Waals surface area (Å²) in [7, 11) is 0. The molecule has 1 heterocycles. The molecule has 0 radical (unpaired) electrons. The number of benzene rings is 1. The van der Waals surface area contributed by atoms with Gasteiger partial charge in [0.25, 0.3) is 5.91 Å². The molecule has 1 aromatic carbocycles. The van der Waals surface area contributed by atoms with Gasteiger partial charge in [-0.05, 0) is 37.5 Å². The summed E-state index contributed by atoms with van der Waals surface area (Å²) in [6.45, 7) is 5.18. The lowest BCUT2D eigenvalue weighted by atomic mass is 10.1. The van der Waals surface area contributed by atoms with E-state index >= 15 is 0 Å². The molecule has 3 rings (SSSR count). The summed E-state index contributed by atoms with van der Waals surface area (Å²) in [4.78, 5) is 28.7. The molecule has 1 unspecified atom stereocenters. The van der Waals surface area contributed by atoms with Gasteiger partial charge in [0.1, 0.15) is 0 Å². The number of nitrogens with two attached hydrogens (primary N) is 1. The second kappa shape index (κ2) is 7.32. The van der Waals surface area contributed by atoms with Crippen LogP contribution in [0.25, 0.3) is 0 Å². The number of nitrogens with zero attached hydrogens (tertiary/aromatic N) is 2. The number of hydrogen-bond donors (Lipinski definition) is 2. The molecule has 3 N–H and O–H groups in total. The molecule has 24 heavy (non-hydrogen) atoms. The summed E-state index contributed by atoms with van der Waals surface area (Å²) in [5.74, 6) is 0.156. The van der Waals surface area contributed by atoms with Gasteiger partial charge < -0.3 is 16.0 Å². The minimum absolute atomic E-state index is 0.0494. The van der Waals surface area contributed by atoms with Crippen molar-refractivity contribution in [3.8, 4) is 0 Å². The second-order valence-electron chi connectivity index (χ2n) is 6.69. The quantitative estimate of drug-likeness (QED) is 0.827. The lowest BCUT2D eigenvalue weighted by Gasteiger charge is -2.37. The average molecular weight is 330 g/mol. The largest absolute Gasteiger partial charge is 0.352 e. The first-order valence-electron chi connectivity index (χ1n) is 8.71. The third kappa shape index (κ3) is 3.94. The van der Waals surface area contributed by atoms with Crippen molar-refractivity contribution in [1.29, 1.82) is 0 Å². The minimum Gasteiger partial charge on any atom is -0.352 e. The average Bonchev–Trinajstić information content (AvgIpc) is 3.44. The van der Waals surface area contributed by atoms with Crippen LogP contribution in [0.15, 0.2) is 24.3 Å². The summed E-state index contributed by atoms with van der Waals surface area (Å²) >= 11 is 0. The molecule has 1 atom stereocenters. The van der Waals surface area contributed by atoms with E-state index in [1.165, 1.54) is 0 Å². The Labute approximate surface area is 143 Å².